The molecule has 2 aromatic rings. The highest BCUT2D eigenvalue weighted by molar-refractivity contribution is 5.85. The van der Waals surface area contributed by atoms with Crippen LogP contribution in [0.4, 0.5) is 0 Å². The summed E-state index contributed by atoms with van der Waals surface area (Å²) in [5, 5.41) is 6.01. The second-order valence-corrected chi connectivity index (χ2v) is 4.63. The maximum Gasteiger partial charge on any atom is 0.0346 e. The molecule has 1 aromatic carbocycles. The van der Waals surface area contributed by atoms with Crippen molar-refractivity contribution in [2.45, 2.75) is 19.3 Å². The van der Waals surface area contributed by atoms with Crippen LogP contribution in [0.5, 0.6) is 0 Å². The van der Waals surface area contributed by atoms with E-state index in [0.717, 1.165) is 13.1 Å². The number of hydrogen-bond donors (Lipinski definition) is 1. The Labute approximate surface area is 95.7 Å². The first kappa shape index (κ1) is 9.79. The molecule has 1 aliphatic heterocycles. The number of nitrogens with zero attached hydrogens (tertiary/aromatic N) is 1. The van der Waals surface area contributed by atoms with E-state index in [0.29, 0.717) is 5.92 Å². The molecule has 1 atom stereocenters. The zero-order valence-electron chi connectivity index (χ0n) is 9.53. The van der Waals surface area contributed by atoms with Gasteiger partial charge in [0.2, 0.25) is 0 Å². The number of pyridine rings is 1. The summed E-state index contributed by atoms with van der Waals surface area (Å²) < 4.78 is 0. The topological polar surface area (TPSA) is 24.9 Å². The lowest BCUT2D eigenvalue weighted by atomic mass is 9.95. The largest absolute Gasteiger partial charge is 0.316 e. The van der Waals surface area contributed by atoms with Crippen LogP contribution < -0.4 is 5.32 Å². The van der Waals surface area contributed by atoms with E-state index in [2.05, 4.69) is 35.4 Å². The number of benzene rings is 1. The molecule has 1 fully saturated rings. The lowest BCUT2D eigenvalue weighted by molar-refractivity contribution is 0.764. The Balaban J connectivity index is 2.08. The van der Waals surface area contributed by atoms with Gasteiger partial charge in [0.1, 0.15) is 0 Å². The lowest BCUT2D eigenvalue weighted by Crippen LogP contribution is -2.07. The molecule has 3 rings (SSSR count). The summed E-state index contributed by atoms with van der Waals surface area (Å²) in [7, 11) is 0. The number of aryl methyl sites for hydroxylation is 1. The summed E-state index contributed by atoms with van der Waals surface area (Å²) in [4.78, 5) is 4.26. The smallest absolute Gasteiger partial charge is 0.0346 e. The van der Waals surface area contributed by atoms with Gasteiger partial charge in [-0.05, 0) is 48.4 Å². The molecule has 2 heterocycles. The van der Waals surface area contributed by atoms with E-state index in [1.165, 1.54) is 28.3 Å². The maximum atomic E-state index is 4.26. The highest BCUT2D eigenvalue weighted by Crippen LogP contribution is 2.26. The van der Waals surface area contributed by atoms with Gasteiger partial charge in [0.05, 0.1) is 0 Å². The fraction of sp³-hybridized carbons (Fsp3) is 0.357. The number of aromatic nitrogens is 1. The molecule has 0 radical (unpaired) electrons. The molecule has 0 spiro atoms. The first-order valence-electron chi connectivity index (χ1n) is 5.89. The Morgan fingerprint density at radius 1 is 1.31 bits per heavy atom. The van der Waals surface area contributed by atoms with Crippen molar-refractivity contribution >= 4 is 10.8 Å². The van der Waals surface area contributed by atoms with E-state index in [1.807, 2.05) is 12.4 Å². The van der Waals surface area contributed by atoms with Gasteiger partial charge >= 0.3 is 0 Å². The zero-order valence-corrected chi connectivity index (χ0v) is 9.53. The Morgan fingerprint density at radius 3 is 3.06 bits per heavy atom. The summed E-state index contributed by atoms with van der Waals surface area (Å²) >= 11 is 0. The van der Waals surface area contributed by atoms with E-state index in [4.69, 9.17) is 0 Å². The van der Waals surface area contributed by atoms with E-state index in [1.54, 1.807) is 0 Å². The number of nitrogens with one attached hydrogen (secondary N) is 1. The van der Waals surface area contributed by atoms with Gasteiger partial charge < -0.3 is 5.32 Å². The number of fused-ring (bicyclic) bond motifs is 1. The second kappa shape index (κ2) is 3.87. The van der Waals surface area contributed by atoms with Crippen molar-refractivity contribution < 1.29 is 0 Å². The molecule has 1 unspecified atom stereocenters. The molecule has 1 aromatic heterocycles. The minimum Gasteiger partial charge on any atom is -0.316 e. The van der Waals surface area contributed by atoms with Crippen LogP contribution in [0.2, 0.25) is 0 Å². The van der Waals surface area contributed by atoms with E-state index < -0.39 is 0 Å². The van der Waals surface area contributed by atoms with E-state index >= 15 is 0 Å². The minimum absolute atomic E-state index is 0.685. The molecule has 0 bridgehead atoms. The van der Waals surface area contributed by atoms with Crippen LogP contribution in [0.1, 0.15) is 23.5 Å². The molecular formula is C14H16N2. The molecule has 0 aliphatic carbocycles. The fourth-order valence-electron chi connectivity index (χ4n) is 2.54. The molecule has 1 aliphatic rings. The van der Waals surface area contributed by atoms with Crippen molar-refractivity contribution in [1.82, 2.24) is 10.3 Å². The van der Waals surface area contributed by atoms with Gasteiger partial charge in [-0.2, -0.15) is 0 Å². The van der Waals surface area contributed by atoms with Crippen LogP contribution >= 0.6 is 0 Å². The minimum atomic E-state index is 0.685. The predicted octanol–water partition coefficient (Wildman–Crippen LogP) is 2.62. The quantitative estimate of drug-likeness (QED) is 0.786. The Morgan fingerprint density at radius 2 is 2.25 bits per heavy atom. The van der Waals surface area contributed by atoms with Crippen LogP contribution in [0, 0.1) is 6.92 Å². The lowest BCUT2D eigenvalue weighted by Gasteiger charge is -2.10. The summed E-state index contributed by atoms with van der Waals surface area (Å²) in [6.45, 7) is 4.38. The van der Waals surface area contributed by atoms with Gasteiger partial charge in [0.25, 0.3) is 0 Å². The second-order valence-electron chi connectivity index (χ2n) is 4.63. The highest BCUT2D eigenvalue weighted by Gasteiger charge is 2.16. The predicted molar refractivity (Wildman–Crippen MR) is 66.7 cm³/mol. The van der Waals surface area contributed by atoms with Crippen LogP contribution in [0.15, 0.2) is 30.6 Å². The standard InChI is InChI=1S/C14H16N2/c1-10-7-16-9-13-6-11(2-3-14(10)13)12-4-5-15-8-12/h2-3,6-7,9,12,15H,4-5,8H2,1H3. The SMILES string of the molecule is Cc1cncc2cc(C3CCNC3)ccc12. The zero-order chi connectivity index (χ0) is 11.0. The Bertz CT molecular complexity index is 513. The van der Waals surface area contributed by atoms with Crippen molar-refractivity contribution in [1.29, 1.82) is 0 Å². The van der Waals surface area contributed by atoms with Crippen LogP contribution in [0.25, 0.3) is 10.8 Å². The first-order valence-corrected chi connectivity index (χ1v) is 5.89. The molecule has 16 heavy (non-hydrogen) atoms. The summed E-state index contributed by atoms with van der Waals surface area (Å²) in [6, 6.07) is 6.81. The van der Waals surface area contributed by atoms with Gasteiger partial charge in [-0.25, -0.2) is 0 Å². The van der Waals surface area contributed by atoms with E-state index in [9.17, 15) is 0 Å². The van der Waals surface area contributed by atoms with Gasteiger partial charge in [-0.1, -0.05) is 12.1 Å². The third kappa shape index (κ3) is 1.59. The molecule has 2 nitrogen and oxygen atoms in total. The molecule has 1 N–H and O–H groups in total. The number of rotatable bonds is 1. The molecule has 2 heteroatoms. The van der Waals surface area contributed by atoms with Crippen molar-refractivity contribution in [3.63, 3.8) is 0 Å². The first-order chi connectivity index (χ1) is 7.84. The van der Waals surface area contributed by atoms with Crippen molar-refractivity contribution in [2.24, 2.45) is 0 Å². The van der Waals surface area contributed by atoms with Crippen LogP contribution in [-0.2, 0) is 0 Å². The molecule has 0 saturated carbocycles. The average Bonchev–Trinajstić information content (AvgIpc) is 2.82. The summed E-state index contributed by atoms with van der Waals surface area (Å²) in [5.41, 5.74) is 2.71. The fourth-order valence-corrected chi connectivity index (χ4v) is 2.54. The highest BCUT2D eigenvalue weighted by atomic mass is 14.9. The Kier molecular flexibility index (Phi) is 2.37. The van der Waals surface area contributed by atoms with Crippen molar-refractivity contribution in [3.8, 4) is 0 Å². The summed E-state index contributed by atoms with van der Waals surface area (Å²) in [5.74, 6) is 0.685. The third-order valence-corrected chi connectivity index (χ3v) is 3.51. The number of hydrogen-bond acceptors (Lipinski definition) is 2. The van der Waals surface area contributed by atoms with Crippen LogP contribution in [0.3, 0.4) is 0 Å². The van der Waals surface area contributed by atoms with E-state index in [-0.39, 0.29) is 0 Å². The third-order valence-electron chi connectivity index (χ3n) is 3.51. The molecular weight excluding hydrogens is 196 g/mol. The van der Waals surface area contributed by atoms with Gasteiger partial charge in [-0.15, -0.1) is 0 Å². The molecule has 82 valence electrons. The van der Waals surface area contributed by atoms with Crippen LogP contribution in [-0.4, -0.2) is 18.1 Å². The van der Waals surface area contributed by atoms with Crippen molar-refractivity contribution in [2.75, 3.05) is 13.1 Å². The summed E-state index contributed by atoms with van der Waals surface area (Å²) in [6.07, 6.45) is 5.15. The van der Waals surface area contributed by atoms with Gasteiger partial charge in [0, 0.05) is 24.3 Å². The molecule has 0 amide bonds. The van der Waals surface area contributed by atoms with Gasteiger partial charge in [0.15, 0.2) is 0 Å². The maximum absolute atomic E-state index is 4.26. The Hall–Kier alpha value is -1.41. The monoisotopic (exact) mass is 212 g/mol. The average molecular weight is 212 g/mol. The molecule has 1 saturated heterocycles. The van der Waals surface area contributed by atoms with Gasteiger partial charge in [-0.3, -0.25) is 4.98 Å². The van der Waals surface area contributed by atoms with Crippen molar-refractivity contribution in [3.05, 3.63) is 41.7 Å². The normalized spacial score (nSPS) is 20.4.